The van der Waals surface area contributed by atoms with Gasteiger partial charge in [0, 0.05) is 47.9 Å². The molecule has 0 amide bonds. The molecule has 5 heteroatoms. The summed E-state index contributed by atoms with van der Waals surface area (Å²) < 4.78 is 0. The molecule has 0 saturated heterocycles. The second kappa shape index (κ2) is 7.40. The molecule has 0 radical (unpaired) electrons. The topological polar surface area (TPSA) is 65.9 Å². The standard InChI is InChI=1S/C22H19ClN4/c23-19-9-5-4-8-16(19)21-17(12-24)22(25)26-20-10-11-27(14-18(20)21)13-15-6-2-1-3-7-15/h1-9H,10-11,13-14H2,(H2,25,26). The lowest BCUT2D eigenvalue weighted by molar-refractivity contribution is 0.244. The van der Waals surface area contributed by atoms with Crippen molar-refractivity contribution in [2.24, 2.45) is 0 Å². The Morgan fingerprint density at radius 1 is 1.11 bits per heavy atom. The maximum atomic E-state index is 9.73. The van der Waals surface area contributed by atoms with Crippen molar-refractivity contribution in [1.29, 1.82) is 5.26 Å². The maximum Gasteiger partial charge on any atom is 0.142 e. The van der Waals surface area contributed by atoms with E-state index >= 15 is 0 Å². The van der Waals surface area contributed by atoms with E-state index in [0.717, 1.165) is 41.9 Å². The van der Waals surface area contributed by atoms with Crippen LogP contribution in [0, 0.1) is 11.3 Å². The number of hydrogen-bond donors (Lipinski definition) is 1. The fourth-order valence-electron chi connectivity index (χ4n) is 3.69. The number of nitrogen functional groups attached to an aromatic ring is 1. The highest BCUT2D eigenvalue weighted by Gasteiger charge is 2.26. The molecule has 0 aliphatic carbocycles. The minimum Gasteiger partial charge on any atom is -0.383 e. The van der Waals surface area contributed by atoms with Gasteiger partial charge in [0.1, 0.15) is 17.5 Å². The van der Waals surface area contributed by atoms with E-state index in [1.54, 1.807) is 0 Å². The van der Waals surface area contributed by atoms with Crippen LogP contribution in [0.1, 0.15) is 22.4 Å². The first-order valence-corrected chi connectivity index (χ1v) is 9.27. The quantitative estimate of drug-likeness (QED) is 0.737. The van der Waals surface area contributed by atoms with E-state index in [0.29, 0.717) is 17.1 Å². The molecule has 3 aromatic rings. The van der Waals surface area contributed by atoms with E-state index < -0.39 is 0 Å². The van der Waals surface area contributed by atoms with Crippen LogP contribution in [0.3, 0.4) is 0 Å². The third-order valence-electron chi connectivity index (χ3n) is 4.96. The summed E-state index contributed by atoms with van der Waals surface area (Å²) in [7, 11) is 0. The van der Waals surface area contributed by atoms with Gasteiger partial charge in [-0.2, -0.15) is 5.26 Å². The van der Waals surface area contributed by atoms with Crippen molar-refractivity contribution in [2.75, 3.05) is 12.3 Å². The number of hydrogen-bond acceptors (Lipinski definition) is 4. The molecular weight excluding hydrogens is 356 g/mol. The van der Waals surface area contributed by atoms with E-state index in [1.807, 2.05) is 30.3 Å². The molecule has 0 bridgehead atoms. The zero-order valence-electron chi connectivity index (χ0n) is 14.8. The first kappa shape index (κ1) is 17.5. The lowest BCUT2D eigenvalue weighted by Crippen LogP contribution is -2.31. The van der Waals surface area contributed by atoms with E-state index in [1.165, 1.54) is 5.56 Å². The largest absolute Gasteiger partial charge is 0.383 e. The van der Waals surface area contributed by atoms with Crippen molar-refractivity contribution in [3.63, 3.8) is 0 Å². The second-order valence-electron chi connectivity index (χ2n) is 6.71. The molecule has 1 aliphatic heterocycles. The van der Waals surface area contributed by atoms with Crippen LogP contribution in [0.2, 0.25) is 5.02 Å². The van der Waals surface area contributed by atoms with Crippen molar-refractivity contribution in [1.82, 2.24) is 9.88 Å². The first-order valence-electron chi connectivity index (χ1n) is 8.90. The molecule has 0 saturated carbocycles. The van der Waals surface area contributed by atoms with Crippen molar-refractivity contribution in [3.8, 4) is 17.2 Å². The number of halogens is 1. The van der Waals surface area contributed by atoms with Crippen molar-refractivity contribution in [3.05, 3.63) is 82.0 Å². The Morgan fingerprint density at radius 2 is 1.85 bits per heavy atom. The molecule has 1 aliphatic rings. The van der Waals surface area contributed by atoms with Gasteiger partial charge in [-0.05, 0) is 17.2 Å². The smallest absolute Gasteiger partial charge is 0.142 e. The minimum absolute atomic E-state index is 0.280. The number of rotatable bonds is 3. The molecule has 27 heavy (non-hydrogen) atoms. The van der Waals surface area contributed by atoms with Crippen LogP contribution in [0.25, 0.3) is 11.1 Å². The Balaban J connectivity index is 1.80. The van der Waals surface area contributed by atoms with Crippen LogP contribution in [0.4, 0.5) is 5.82 Å². The van der Waals surface area contributed by atoms with Crippen molar-refractivity contribution in [2.45, 2.75) is 19.5 Å². The fourth-order valence-corrected chi connectivity index (χ4v) is 3.92. The summed E-state index contributed by atoms with van der Waals surface area (Å²) in [5.41, 5.74) is 11.5. The number of pyridine rings is 1. The summed E-state index contributed by atoms with van der Waals surface area (Å²) in [4.78, 5) is 6.90. The summed E-state index contributed by atoms with van der Waals surface area (Å²) in [6.07, 6.45) is 0.801. The lowest BCUT2D eigenvalue weighted by atomic mass is 9.91. The predicted molar refractivity (Wildman–Crippen MR) is 108 cm³/mol. The molecule has 4 nitrogen and oxygen atoms in total. The summed E-state index contributed by atoms with van der Waals surface area (Å²) >= 11 is 6.46. The molecular formula is C22H19ClN4. The van der Waals surface area contributed by atoms with Gasteiger partial charge >= 0.3 is 0 Å². The number of nitrogens with zero attached hydrogens (tertiary/aromatic N) is 3. The normalized spacial score (nSPS) is 13.8. The Labute approximate surface area is 163 Å². The van der Waals surface area contributed by atoms with E-state index in [-0.39, 0.29) is 5.82 Å². The fraction of sp³-hybridized carbons (Fsp3) is 0.182. The van der Waals surface area contributed by atoms with Crippen LogP contribution >= 0.6 is 11.6 Å². The molecule has 0 atom stereocenters. The number of benzene rings is 2. The maximum absolute atomic E-state index is 9.73. The minimum atomic E-state index is 0.280. The number of nitrogens with two attached hydrogens (primary N) is 1. The van der Waals surface area contributed by atoms with Crippen molar-refractivity contribution >= 4 is 17.4 Å². The van der Waals surface area contributed by atoms with Gasteiger partial charge in [-0.25, -0.2) is 4.98 Å². The van der Waals surface area contributed by atoms with Gasteiger partial charge in [0.25, 0.3) is 0 Å². The Kier molecular flexibility index (Phi) is 4.81. The molecule has 0 fully saturated rings. The van der Waals surface area contributed by atoms with Gasteiger partial charge < -0.3 is 5.73 Å². The third kappa shape index (κ3) is 3.40. The molecule has 0 spiro atoms. The monoisotopic (exact) mass is 374 g/mol. The number of aromatic nitrogens is 1. The summed E-state index contributed by atoms with van der Waals surface area (Å²) in [5.74, 6) is 0.280. The lowest BCUT2D eigenvalue weighted by Gasteiger charge is -2.30. The molecule has 2 N–H and O–H groups in total. The predicted octanol–water partition coefficient (Wildman–Crippen LogP) is 4.41. The van der Waals surface area contributed by atoms with Crippen LogP contribution in [0.5, 0.6) is 0 Å². The highest BCUT2D eigenvalue weighted by Crippen LogP contribution is 2.38. The Morgan fingerprint density at radius 3 is 2.59 bits per heavy atom. The van der Waals surface area contributed by atoms with Crippen LogP contribution in [0.15, 0.2) is 54.6 Å². The highest BCUT2D eigenvalue weighted by molar-refractivity contribution is 6.33. The Hall–Kier alpha value is -2.87. The van der Waals surface area contributed by atoms with Gasteiger partial charge in [0.05, 0.1) is 0 Å². The van der Waals surface area contributed by atoms with Crippen LogP contribution < -0.4 is 5.73 Å². The molecule has 2 aromatic carbocycles. The number of anilines is 1. The van der Waals surface area contributed by atoms with Crippen LogP contribution in [-0.2, 0) is 19.5 Å². The average Bonchev–Trinajstić information content (AvgIpc) is 2.69. The summed E-state index contributed by atoms with van der Waals surface area (Å²) in [6, 6.07) is 20.2. The van der Waals surface area contributed by atoms with Gasteiger partial charge in [0.15, 0.2) is 0 Å². The number of nitriles is 1. The molecule has 134 valence electrons. The third-order valence-corrected chi connectivity index (χ3v) is 5.29. The highest BCUT2D eigenvalue weighted by atomic mass is 35.5. The molecule has 2 heterocycles. The summed E-state index contributed by atoms with van der Waals surface area (Å²) in [6.45, 7) is 2.48. The van der Waals surface area contributed by atoms with E-state index in [2.05, 4.69) is 40.2 Å². The molecule has 0 unspecified atom stereocenters. The zero-order chi connectivity index (χ0) is 18.8. The molecule has 4 rings (SSSR count). The zero-order valence-corrected chi connectivity index (χ0v) is 15.6. The summed E-state index contributed by atoms with van der Waals surface area (Å²) in [5, 5.41) is 10.3. The van der Waals surface area contributed by atoms with Gasteiger partial charge in [-0.1, -0.05) is 60.1 Å². The van der Waals surface area contributed by atoms with Crippen molar-refractivity contribution < 1.29 is 0 Å². The van der Waals surface area contributed by atoms with E-state index in [9.17, 15) is 5.26 Å². The van der Waals surface area contributed by atoms with E-state index in [4.69, 9.17) is 17.3 Å². The van der Waals surface area contributed by atoms with Gasteiger partial charge in [-0.3, -0.25) is 4.90 Å². The second-order valence-corrected chi connectivity index (χ2v) is 7.12. The molecule has 1 aromatic heterocycles. The SMILES string of the molecule is N#Cc1c(N)nc2c(c1-c1ccccc1Cl)CN(Cc1ccccc1)CC2. The average molecular weight is 375 g/mol. The first-order chi connectivity index (χ1) is 13.2. The number of fused-ring (bicyclic) bond motifs is 1. The van der Waals surface area contributed by atoms with Gasteiger partial charge in [-0.15, -0.1) is 0 Å². The van der Waals surface area contributed by atoms with Crippen LogP contribution in [-0.4, -0.2) is 16.4 Å². The van der Waals surface area contributed by atoms with Gasteiger partial charge in [0.2, 0.25) is 0 Å². The Bertz CT molecular complexity index is 1020.